The van der Waals surface area contributed by atoms with Gasteiger partial charge >= 0.3 is 0 Å². The summed E-state index contributed by atoms with van der Waals surface area (Å²) in [5.41, 5.74) is 0. The van der Waals surface area contributed by atoms with Crippen LogP contribution in [0, 0.1) is 0 Å². The predicted molar refractivity (Wildman–Crippen MR) is 103 cm³/mol. The van der Waals surface area contributed by atoms with Crippen LogP contribution in [0.4, 0.5) is 0 Å². The summed E-state index contributed by atoms with van der Waals surface area (Å²) in [5.74, 6) is 0. The molecule has 0 aromatic rings. The van der Waals surface area contributed by atoms with Gasteiger partial charge in [-0.3, -0.25) is 0 Å². The molecule has 2 rings (SSSR count). The lowest BCUT2D eigenvalue weighted by atomic mass is 9.93. The Kier molecular flexibility index (Phi) is 10.3. The summed E-state index contributed by atoms with van der Waals surface area (Å²) < 4.78 is 0. The molecule has 2 fully saturated rings. The van der Waals surface area contributed by atoms with Gasteiger partial charge in [0.1, 0.15) is 0 Å². The van der Waals surface area contributed by atoms with Crippen LogP contribution < -0.4 is 0 Å². The van der Waals surface area contributed by atoms with E-state index in [1.54, 1.807) is 0 Å². The smallest absolute Gasteiger partial charge is 0.00951 e. The van der Waals surface area contributed by atoms with Crippen LogP contribution in [0.3, 0.4) is 0 Å². The van der Waals surface area contributed by atoms with E-state index in [4.69, 9.17) is 0 Å². The average Bonchev–Trinajstić information content (AvgIpc) is 2.64. The van der Waals surface area contributed by atoms with E-state index >= 15 is 0 Å². The monoisotopic (exact) mass is 321 g/mol. The summed E-state index contributed by atoms with van der Waals surface area (Å²) in [4.78, 5) is 2.85. The Morgan fingerprint density at radius 2 is 0.609 bits per heavy atom. The second kappa shape index (κ2) is 12.3. The van der Waals surface area contributed by atoms with Crippen molar-refractivity contribution in [2.75, 3.05) is 7.05 Å². The Morgan fingerprint density at radius 3 is 0.870 bits per heavy atom. The van der Waals surface area contributed by atoms with Crippen molar-refractivity contribution < 1.29 is 0 Å². The summed E-state index contributed by atoms with van der Waals surface area (Å²) in [6, 6.07) is 1.75. The maximum atomic E-state index is 2.85. The van der Waals surface area contributed by atoms with Crippen molar-refractivity contribution in [3.05, 3.63) is 0 Å². The second-order valence-corrected chi connectivity index (χ2v) is 8.43. The van der Waals surface area contributed by atoms with Crippen molar-refractivity contribution in [3.63, 3.8) is 0 Å². The van der Waals surface area contributed by atoms with Crippen LogP contribution in [-0.2, 0) is 0 Å². The van der Waals surface area contributed by atoms with Gasteiger partial charge in [0.15, 0.2) is 0 Å². The minimum Gasteiger partial charge on any atom is -0.300 e. The summed E-state index contributed by atoms with van der Waals surface area (Å²) in [6.45, 7) is 0. The summed E-state index contributed by atoms with van der Waals surface area (Å²) in [7, 11) is 2.47. The molecule has 136 valence electrons. The maximum absolute atomic E-state index is 2.85. The molecule has 2 saturated carbocycles. The lowest BCUT2D eigenvalue weighted by molar-refractivity contribution is 0.130. The van der Waals surface area contributed by atoms with Gasteiger partial charge in [-0.25, -0.2) is 0 Å². The molecule has 0 unspecified atom stereocenters. The fourth-order valence-corrected chi connectivity index (χ4v) is 4.87. The third kappa shape index (κ3) is 8.05. The maximum Gasteiger partial charge on any atom is 0.00951 e. The third-order valence-electron chi connectivity index (χ3n) is 6.55. The standard InChI is InChI=1S/C22H43N/c1-23(22-19-15-11-7-4-8-12-16-20-22)21-17-13-9-5-2-3-6-10-14-18-21/h21-22H,2-20H2,1H3. The van der Waals surface area contributed by atoms with Gasteiger partial charge in [-0.1, -0.05) is 96.3 Å². The fourth-order valence-electron chi connectivity index (χ4n) is 4.87. The number of rotatable bonds is 2. The third-order valence-corrected chi connectivity index (χ3v) is 6.55. The highest BCUT2D eigenvalue weighted by Gasteiger charge is 2.22. The van der Waals surface area contributed by atoms with Gasteiger partial charge in [-0.15, -0.1) is 0 Å². The van der Waals surface area contributed by atoms with Crippen molar-refractivity contribution in [1.82, 2.24) is 4.90 Å². The highest BCUT2D eigenvalue weighted by molar-refractivity contribution is 4.78. The molecule has 1 heteroatoms. The van der Waals surface area contributed by atoms with E-state index in [0.29, 0.717) is 0 Å². The van der Waals surface area contributed by atoms with Gasteiger partial charge in [0.05, 0.1) is 0 Å². The second-order valence-electron chi connectivity index (χ2n) is 8.43. The first-order chi connectivity index (χ1) is 11.4. The molecule has 2 aliphatic carbocycles. The highest BCUT2D eigenvalue weighted by Crippen LogP contribution is 2.26. The molecule has 0 heterocycles. The Balaban J connectivity index is 1.85. The van der Waals surface area contributed by atoms with Crippen molar-refractivity contribution in [3.8, 4) is 0 Å². The molecular weight excluding hydrogens is 278 g/mol. The molecule has 0 N–H and O–H groups in total. The van der Waals surface area contributed by atoms with E-state index in [1.165, 1.54) is 122 Å². The first-order valence-corrected chi connectivity index (χ1v) is 11.1. The zero-order valence-corrected chi connectivity index (χ0v) is 16.0. The normalized spacial score (nSPS) is 25.8. The van der Waals surface area contributed by atoms with Crippen molar-refractivity contribution >= 4 is 0 Å². The Morgan fingerprint density at radius 1 is 0.391 bits per heavy atom. The molecule has 2 aliphatic rings. The summed E-state index contributed by atoms with van der Waals surface area (Å²) >= 11 is 0. The molecule has 0 atom stereocenters. The largest absolute Gasteiger partial charge is 0.300 e. The van der Waals surface area contributed by atoms with Crippen molar-refractivity contribution in [2.24, 2.45) is 0 Å². The van der Waals surface area contributed by atoms with E-state index in [9.17, 15) is 0 Å². The van der Waals surface area contributed by atoms with Crippen molar-refractivity contribution in [1.29, 1.82) is 0 Å². The van der Waals surface area contributed by atoms with Gasteiger partial charge in [-0.2, -0.15) is 0 Å². The average molecular weight is 322 g/mol. The predicted octanol–water partition coefficient (Wildman–Crippen LogP) is 7.09. The lowest BCUT2D eigenvalue weighted by Gasteiger charge is -2.36. The molecule has 23 heavy (non-hydrogen) atoms. The Bertz CT molecular complexity index is 253. The van der Waals surface area contributed by atoms with Gasteiger partial charge < -0.3 is 4.90 Å². The SMILES string of the molecule is CN(C1CCCCCCCCCC1)C1CCCCCCCCC1. The van der Waals surface area contributed by atoms with E-state index in [1.807, 2.05) is 0 Å². The molecule has 0 saturated heterocycles. The van der Waals surface area contributed by atoms with Crippen LogP contribution in [0.2, 0.25) is 0 Å². The van der Waals surface area contributed by atoms with E-state index in [2.05, 4.69) is 11.9 Å². The van der Waals surface area contributed by atoms with Gasteiger partial charge in [0, 0.05) is 12.1 Å². The Labute approximate surface area is 146 Å². The fraction of sp³-hybridized carbons (Fsp3) is 1.00. The van der Waals surface area contributed by atoms with Crippen LogP contribution >= 0.6 is 0 Å². The molecule has 0 amide bonds. The summed E-state index contributed by atoms with van der Waals surface area (Å²) in [5, 5.41) is 0. The quantitative estimate of drug-likeness (QED) is 0.524. The molecular formula is C22H43N. The molecule has 0 aliphatic heterocycles. The highest BCUT2D eigenvalue weighted by atomic mass is 15.2. The molecule has 0 bridgehead atoms. The molecule has 0 aromatic carbocycles. The first-order valence-electron chi connectivity index (χ1n) is 11.1. The van der Waals surface area contributed by atoms with Gasteiger partial charge in [0.25, 0.3) is 0 Å². The molecule has 0 spiro atoms. The molecule has 0 radical (unpaired) electrons. The number of hydrogen-bond acceptors (Lipinski definition) is 1. The minimum atomic E-state index is 0.876. The van der Waals surface area contributed by atoms with Gasteiger partial charge in [0.2, 0.25) is 0 Å². The van der Waals surface area contributed by atoms with E-state index < -0.39 is 0 Å². The van der Waals surface area contributed by atoms with Crippen LogP contribution in [0.15, 0.2) is 0 Å². The molecule has 1 nitrogen and oxygen atoms in total. The molecule has 0 aromatic heterocycles. The van der Waals surface area contributed by atoms with Crippen LogP contribution in [0.25, 0.3) is 0 Å². The first kappa shape index (κ1) is 19.3. The number of hydrogen-bond donors (Lipinski definition) is 0. The van der Waals surface area contributed by atoms with E-state index in [0.717, 1.165) is 12.1 Å². The lowest BCUT2D eigenvalue weighted by Crippen LogP contribution is -2.40. The van der Waals surface area contributed by atoms with Crippen LogP contribution in [0.5, 0.6) is 0 Å². The van der Waals surface area contributed by atoms with Crippen LogP contribution in [-0.4, -0.2) is 24.0 Å². The minimum absolute atomic E-state index is 0.876. The van der Waals surface area contributed by atoms with Crippen LogP contribution in [0.1, 0.15) is 122 Å². The van der Waals surface area contributed by atoms with E-state index in [-0.39, 0.29) is 0 Å². The van der Waals surface area contributed by atoms with Crippen molar-refractivity contribution in [2.45, 2.75) is 134 Å². The topological polar surface area (TPSA) is 3.24 Å². The summed E-state index contributed by atoms with van der Waals surface area (Å²) in [6.07, 6.45) is 28.1. The zero-order valence-electron chi connectivity index (χ0n) is 16.0. The number of nitrogens with zero attached hydrogens (tertiary/aromatic N) is 1. The zero-order chi connectivity index (χ0) is 16.2. The van der Waals surface area contributed by atoms with Gasteiger partial charge in [-0.05, 0) is 32.7 Å². The Hall–Kier alpha value is -0.0400.